The molecule has 0 bridgehead atoms. The first-order valence-corrected chi connectivity index (χ1v) is 5.73. The van der Waals surface area contributed by atoms with E-state index >= 15 is 0 Å². The molecule has 1 nitrogen and oxygen atoms in total. The van der Waals surface area contributed by atoms with Crippen molar-refractivity contribution in [1.29, 1.82) is 0 Å². The van der Waals surface area contributed by atoms with Crippen molar-refractivity contribution in [2.75, 3.05) is 19.6 Å². The van der Waals surface area contributed by atoms with Gasteiger partial charge >= 0.3 is 6.18 Å². The van der Waals surface area contributed by atoms with E-state index in [1.807, 2.05) is 4.90 Å². The van der Waals surface area contributed by atoms with Crippen molar-refractivity contribution < 1.29 is 13.2 Å². The van der Waals surface area contributed by atoms with Crippen LogP contribution < -0.4 is 0 Å². The van der Waals surface area contributed by atoms with Crippen LogP contribution >= 0.6 is 15.9 Å². The highest BCUT2D eigenvalue weighted by atomic mass is 79.9. The summed E-state index contributed by atoms with van der Waals surface area (Å²) in [5, 5.41) is 0. The fourth-order valence-electron chi connectivity index (χ4n) is 1.57. The molecular weight excluding hydrogens is 259 g/mol. The van der Waals surface area contributed by atoms with Crippen LogP contribution in [0.15, 0.2) is 0 Å². The van der Waals surface area contributed by atoms with Crippen LogP contribution in [0.4, 0.5) is 13.2 Å². The smallest absolute Gasteiger partial charge is 0.302 e. The zero-order valence-electron chi connectivity index (χ0n) is 8.15. The first-order valence-electron chi connectivity index (χ1n) is 4.81. The third-order valence-electron chi connectivity index (χ3n) is 2.66. The Morgan fingerprint density at radius 3 is 2.57 bits per heavy atom. The molecule has 1 fully saturated rings. The molecule has 0 aromatic heterocycles. The van der Waals surface area contributed by atoms with Crippen molar-refractivity contribution in [3.63, 3.8) is 0 Å². The number of piperidine rings is 1. The van der Waals surface area contributed by atoms with Crippen LogP contribution in [0.1, 0.15) is 19.8 Å². The van der Waals surface area contributed by atoms with Gasteiger partial charge in [-0.3, -0.25) is 0 Å². The predicted molar refractivity (Wildman–Crippen MR) is 53.6 cm³/mol. The highest BCUT2D eigenvalue weighted by Gasteiger charge is 2.30. The molecule has 14 heavy (non-hydrogen) atoms. The maximum absolute atomic E-state index is 11.9. The maximum Gasteiger partial charge on any atom is 0.390 e. The summed E-state index contributed by atoms with van der Waals surface area (Å²) in [6.45, 7) is 3.79. The zero-order valence-corrected chi connectivity index (χ0v) is 9.74. The van der Waals surface area contributed by atoms with Crippen LogP contribution in [-0.4, -0.2) is 35.5 Å². The van der Waals surface area contributed by atoms with Crippen LogP contribution in [0, 0.1) is 5.92 Å². The molecule has 0 aromatic rings. The first-order chi connectivity index (χ1) is 6.38. The lowest BCUT2D eigenvalue weighted by atomic mass is 9.99. The van der Waals surface area contributed by atoms with E-state index in [2.05, 4.69) is 22.9 Å². The van der Waals surface area contributed by atoms with Gasteiger partial charge in [-0.05, 0) is 18.9 Å². The molecule has 5 heteroatoms. The molecular formula is C9H15BrF3N. The minimum Gasteiger partial charge on any atom is -0.302 e. The van der Waals surface area contributed by atoms with Gasteiger partial charge in [0.05, 0.1) is 6.42 Å². The molecule has 1 aliphatic rings. The Morgan fingerprint density at radius 2 is 2.07 bits per heavy atom. The average Bonchev–Trinajstić information content (AvgIpc) is 2.06. The Kier molecular flexibility index (Phi) is 4.25. The number of alkyl halides is 4. The second-order valence-electron chi connectivity index (χ2n) is 3.95. The normalized spacial score (nSPS) is 30.6. The van der Waals surface area contributed by atoms with Crippen LogP contribution in [-0.2, 0) is 0 Å². The average molecular weight is 274 g/mol. The Labute approximate surface area is 90.8 Å². The molecule has 0 aliphatic carbocycles. The van der Waals surface area contributed by atoms with E-state index in [1.165, 1.54) is 0 Å². The van der Waals surface area contributed by atoms with Crippen LogP contribution in [0.3, 0.4) is 0 Å². The van der Waals surface area contributed by atoms with E-state index in [9.17, 15) is 13.2 Å². The van der Waals surface area contributed by atoms with Crippen LogP contribution in [0.5, 0.6) is 0 Å². The van der Waals surface area contributed by atoms with E-state index in [1.54, 1.807) is 0 Å². The summed E-state index contributed by atoms with van der Waals surface area (Å²) in [7, 11) is 0. The van der Waals surface area contributed by atoms with Crippen molar-refractivity contribution in [2.24, 2.45) is 5.92 Å². The summed E-state index contributed by atoms with van der Waals surface area (Å²) in [6.07, 6.45) is -3.74. The van der Waals surface area contributed by atoms with Crippen molar-refractivity contribution in [1.82, 2.24) is 4.90 Å². The zero-order chi connectivity index (χ0) is 10.8. The molecule has 0 spiro atoms. The van der Waals surface area contributed by atoms with E-state index in [0.29, 0.717) is 10.7 Å². The van der Waals surface area contributed by atoms with Crippen LogP contribution in [0.25, 0.3) is 0 Å². The Bertz CT molecular complexity index is 183. The highest BCUT2D eigenvalue weighted by Crippen LogP contribution is 2.25. The Hall–Kier alpha value is 0.230. The van der Waals surface area contributed by atoms with E-state index < -0.39 is 12.6 Å². The number of rotatable bonds is 2. The van der Waals surface area contributed by atoms with Gasteiger partial charge in [0.1, 0.15) is 0 Å². The predicted octanol–water partition coefficient (Wildman–Crippen LogP) is 3.04. The van der Waals surface area contributed by atoms with Crippen LogP contribution in [0.2, 0.25) is 0 Å². The minimum atomic E-state index is -4.02. The standard InChI is InChI=1S/C9H15BrF3N/c1-7-2-4-14(6-8(7)10)5-3-9(11,12)13/h7-8H,2-6H2,1H3. The lowest BCUT2D eigenvalue weighted by molar-refractivity contribution is -0.138. The van der Waals surface area contributed by atoms with Crippen molar-refractivity contribution in [3.8, 4) is 0 Å². The quantitative estimate of drug-likeness (QED) is 0.699. The third kappa shape index (κ3) is 4.17. The van der Waals surface area contributed by atoms with E-state index in [-0.39, 0.29) is 6.54 Å². The lowest BCUT2D eigenvalue weighted by Gasteiger charge is -2.34. The monoisotopic (exact) mass is 273 g/mol. The van der Waals surface area contributed by atoms with Gasteiger partial charge in [-0.25, -0.2) is 0 Å². The lowest BCUT2D eigenvalue weighted by Crippen LogP contribution is -2.41. The van der Waals surface area contributed by atoms with Gasteiger partial charge in [0, 0.05) is 17.9 Å². The van der Waals surface area contributed by atoms with Gasteiger partial charge in [-0.2, -0.15) is 13.2 Å². The van der Waals surface area contributed by atoms with Gasteiger partial charge in [-0.1, -0.05) is 22.9 Å². The van der Waals surface area contributed by atoms with Gasteiger partial charge in [0.2, 0.25) is 0 Å². The second-order valence-corrected chi connectivity index (χ2v) is 5.12. The summed E-state index contributed by atoms with van der Waals surface area (Å²) in [5.74, 6) is 0.567. The fraction of sp³-hybridized carbons (Fsp3) is 1.00. The Morgan fingerprint density at radius 1 is 1.43 bits per heavy atom. The van der Waals surface area contributed by atoms with Gasteiger partial charge in [0.25, 0.3) is 0 Å². The molecule has 1 rings (SSSR count). The fourth-order valence-corrected chi connectivity index (χ4v) is 2.25. The highest BCUT2D eigenvalue weighted by molar-refractivity contribution is 9.09. The molecule has 1 heterocycles. The molecule has 0 N–H and O–H groups in total. The molecule has 84 valence electrons. The van der Waals surface area contributed by atoms with E-state index in [0.717, 1.165) is 19.5 Å². The van der Waals surface area contributed by atoms with Gasteiger partial charge < -0.3 is 4.90 Å². The van der Waals surface area contributed by atoms with Crippen molar-refractivity contribution in [3.05, 3.63) is 0 Å². The molecule has 2 atom stereocenters. The SMILES string of the molecule is CC1CCN(CCC(F)(F)F)CC1Br. The topological polar surface area (TPSA) is 3.24 Å². The summed E-state index contributed by atoms with van der Waals surface area (Å²) < 4.78 is 35.8. The third-order valence-corrected chi connectivity index (χ3v) is 3.85. The summed E-state index contributed by atoms with van der Waals surface area (Å²) >= 11 is 3.49. The first kappa shape index (κ1) is 12.3. The summed E-state index contributed by atoms with van der Waals surface area (Å²) in [4.78, 5) is 2.22. The summed E-state index contributed by atoms with van der Waals surface area (Å²) in [5.41, 5.74) is 0. The number of halogens is 4. The largest absolute Gasteiger partial charge is 0.390 e. The van der Waals surface area contributed by atoms with E-state index in [4.69, 9.17) is 0 Å². The molecule has 0 aromatic carbocycles. The number of likely N-dealkylation sites (tertiary alicyclic amines) is 1. The van der Waals surface area contributed by atoms with Gasteiger partial charge in [-0.15, -0.1) is 0 Å². The number of nitrogens with zero attached hydrogens (tertiary/aromatic N) is 1. The maximum atomic E-state index is 11.9. The second kappa shape index (κ2) is 4.84. The molecule has 0 amide bonds. The molecule has 0 saturated carbocycles. The molecule has 2 unspecified atom stereocenters. The van der Waals surface area contributed by atoms with Crippen molar-refractivity contribution >= 4 is 15.9 Å². The number of hydrogen-bond acceptors (Lipinski definition) is 1. The Balaban J connectivity index is 2.27. The number of hydrogen-bond donors (Lipinski definition) is 0. The molecule has 1 saturated heterocycles. The minimum absolute atomic E-state index is 0.137. The van der Waals surface area contributed by atoms with Crippen molar-refractivity contribution in [2.45, 2.75) is 30.8 Å². The molecule has 0 radical (unpaired) electrons. The van der Waals surface area contributed by atoms with Gasteiger partial charge in [0.15, 0.2) is 0 Å². The summed E-state index contributed by atoms with van der Waals surface area (Å²) in [6, 6.07) is 0. The molecule has 1 aliphatic heterocycles.